The van der Waals surface area contributed by atoms with Crippen LogP contribution in [-0.2, 0) is 14.8 Å². The quantitative estimate of drug-likeness (QED) is 0.797. The van der Waals surface area contributed by atoms with Crippen LogP contribution in [0.4, 0.5) is 17.6 Å². The zero-order valence-corrected chi connectivity index (χ0v) is 11.1. The first kappa shape index (κ1) is 17.2. The molecule has 0 heterocycles. The van der Waals surface area contributed by atoms with Crippen molar-refractivity contribution in [2.45, 2.75) is 24.2 Å². The van der Waals surface area contributed by atoms with E-state index in [1.807, 2.05) is 0 Å². The monoisotopic (exact) mass is 331 g/mol. The van der Waals surface area contributed by atoms with Crippen molar-refractivity contribution in [3.63, 3.8) is 0 Å². The molecule has 1 aromatic rings. The van der Waals surface area contributed by atoms with Crippen molar-refractivity contribution in [2.24, 2.45) is 0 Å². The number of carbonyl (C=O) groups is 1. The number of hydrogen-bond donors (Lipinski definition) is 2. The third-order valence-corrected chi connectivity index (χ3v) is 3.70. The molecule has 0 saturated heterocycles. The number of benzene rings is 1. The summed E-state index contributed by atoms with van der Waals surface area (Å²) in [5, 5.41) is 8.57. The Hall–Kier alpha value is -1.88. The van der Waals surface area contributed by atoms with E-state index >= 15 is 0 Å². The van der Waals surface area contributed by atoms with E-state index in [1.165, 1.54) is 0 Å². The number of alkyl halides is 3. The summed E-state index contributed by atoms with van der Waals surface area (Å²) in [5.41, 5.74) is 0. The molecule has 2 N–H and O–H groups in total. The number of hydrogen-bond acceptors (Lipinski definition) is 4. The minimum Gasteiger partial charge on any atom is -0.480 e. The van der Waals surface area contributed by atoms with Crippen LogP contribution in [0.2, 0.25) is 0 Å². The molecule has 0 radical (unpaired) electrons. The maximum atomic E-state index is 13.8. The molecule has 0 unspecified atom stereocenters. The molecule has 0 saturated carbocycles. The standard InChI is InChI=1S/C10H9F4NO5S/c1-5(9(16)17)15-21(18,19)7-4-2-3-6(8(7)11)20-10(12,13)14/h2-5,15H,1H3,(H,16,17)/t5-/m0/s1. The molecule has 0 aliphatic rings. The summed E-state index contributed by atoms with van der Waals surface area (Å²) < 4.78 is 78.3. The lowest BCUT2D eigenvalue weighted by atomic mass is 10.3. The van der Waals surface area contributed by atoms with Gasteiger partial charge in [-0.3, -0.25) is 4.79 Å². The van der Waals surface area contributed by atoms with Gasteiger partial charge in [0.2, 0.25) is 10.0 Å². The van der Waals surface area contributed by atoms with Crippen LogP contribution in [0.3, 0.4) is 0 Å². The Bertz CT molecular complexity index is 643. The van der Waals surface area contributed by atoms with Crippen molar-refractivity contribution >= 4 is 16.0 Å². The average Bonchev–Trinajstić information content (AvgIpc) is 2.29. The third-order valence-electron chi connectivity index (χ3n) is 2.15. The molecular weight excluding hydrogens is 322 g/mol. The van der Waals surface area contributed by atoms with Gasteiger partial charge in [0.25, 0.3) is 0 Å². The summed E-state index contributed by atoms with van der Waals surface area (Å²) >= 11 is 0. The molecule has 1 aromatic carbocycles. The molecule has 1 atom stereocenters. The average molecular weight is 331 g/mol. The number of rotatable bonds is 5. The number of aliphatic carboxylic acids is 1. The van der Waals surface area contributed by atoms with Crippen molar-refractivity contribution < 1.29 is 40.6 Å². The number of sulfonamides is 1. The predicted octanol–water partition coefficient (Wildman–Crippen LogP) is 1.48. The van der Waals surface area contributed by atoms with Gasteiger partial charge in [-0.2, -0.15) is 4.72 Å². The van der Waals surface area contributed by atoms with Gasteiger partial charge in [-0.1, -0.05) is 6.07 Å². The van der Waals surface area contributed by atoms with Crippen LogP contribution in [-0.4, -0.2) is 31.9 Å². The summed E-state index contributed by atoms with van der Waals surface area (Å²) in [5.74, 6) is -4.66. The lowest BCUT2D eigenvalue weighted by Gasteiger charge is -2.14. The molecular formula is C10H9F4NO5S. The van der Waals surface area contributed by atoms with Gasteiger partial charge in [0.05, 0.1) is 0 Å². The molecule has 0 aliphatic heterocycles. The molecule has 0 bridgehead atoms. The number of nitrogens with one attached hydrogen (secondary N) is 1. The van der Waals surface area contributed by atoms with Gasteiger partial charge in [-0.05, 0) is 19.1 Å². The Morgan fingerprint density at radius 1 is 1.38 bits per heavy atom. The summed E-state index contributed by atoms with van der Waals surface area (Å²) in [6.07, 6.45) is -5.20. The molecule has 0 aliphatic carbocycles. The van der Waals surface area contributed by atoms with E-state index in [2.05, 4.69) is 4.74 Å². The molecule has 11 heteroatoms. The van der Waals surface area contributed by atoms with Gasteiger partial charge in [-0.25, -0.2) is 12.8 Å². The lowest BCUT2D eigenvalue weighted by molar-refractivity contribution is -0.275. The third kappa shape index (κ3) is 4.56. The first-order valence-electron chi connectivity index (χ1n) is 5.23. The van der Waals surface area contributed by atoms with Crippen LogP contribution < -0.4 is 9.46 Å². The highest BCUT2D eigenvalue weighted by Crippen LogP contribution is 2.29. The molecule has 1 rings (SSSR count). The van der Waals surface area contributed by atoms with E-state index in [1.54, 1.807) is 4.72 Å². The summed E-state index contributed by atoms with van der Waals surface area (Å²) in [4.78, 5) is 9.40. The number of carboxylic acid groups (broad SMARTS) is 1. The van der Waals surface area contributed by atoms with Crippen molar-refractivity contribution in [3.05, 3.63) is 24.0 Å². The minimum absolute atomic E-state index is 0.586. The topological polar surface area (TPSA) is 92.7 Å². The molecule has 21 heavy (non-hydrogen) atoms. The van der Waals surface area contributed by atoms with Crippen molar-refractivity contribution in [1.29, 1.82) is 0 Å². The molecule has 0 fully saturated rings. The number of carboxylic acids is 1. The smallest absolute Gasteiger partial charge is 0.480 e. The Labute approximate surface area is 116 Å². The first-order valence-corrected chi connectivity index (χ1v) is 6.72. The molecule has 0 aromatic heterocycles. The Kier molecular flexibility index (Phi) is 4.79. The molecule has 6 nitrogen and oxygen atoms in total. The first-order chi connectivity index (χ1) is 9.44. The van der Waals surface area contributed by atoms with Gasteiger partial charge in [0.15, 0.2) is 11.6 Å². The van der Waals surface area contributed by atoms with Crippen molar-refractivity contribution in [3.8, 4) is 5.75 Å². The highest BCUT2D eigenvalue weighted by Gasteiger charge is 2.34. The van der Waals surface area contributed by atoms with Gasteiger partial charge in [0.1, 0.15) is 10.9 Å². The van der Waals surface area contributed by atoms with Gasteiger partial charge < -0.3 is 9.84 Å². The SMILES string of the molecule is C[C@H](NS(=O)(=O)c1cccc(OC(F)(F)F)c1F)C(=O)O. The van der Waals surface area contributed by atoms with Crippen LogP contribution in [0.25, 0.3) is 0 Å². The maximum absolute atomic E-state index is 13.8. The zero-order chi connectivity index (χ0) is 16.4. The van der Waals surface area contributed by atoms with Crippen LogP contribution in [0.15, 0.2) is 23.1 Å². The van der Waals surface area contributed by atoms with Crippen LogP contribution in [0.1, 0.15) is 6.92 Å². The Morgan fingerprint density at radius 2 is 1.95 bits per heavy atom. The lowest BCUT2D eigenvalue weighted by Crippen LogP contribution is -2.38. The zero-order valence-electron chi connectivity index (χ0n) is 10.3. The van der Waals surface area contributed by atoms with Gasteiger partial charge in [0, 0.05) is 0 Å². The fourth-order valence-corrected chi connectivity index (χ4v) is 2.54. The fourth-order valence-electron chi connectivity index (χ4n) is 1.25. The minimum atomic E-state index is -5.20. The summed E-state index contributed by atoms with van der Waals surface area (Å²) in [6.45, 7) is 0.966. The molecule has 118 valence electrons. The highest BCUT2D eigenvalue weighted by atomic mass is 32.2. The second-order valence-electron chi connectivity index (χ2n) is 3.80. The largest absolute Gasteiger partial charge is 0.573 e. The maximum Gasteiger partial charge on any atom is 0.573 e. The van der Waals surface area contributed by atoms with Crippen LogP contribution in [0.5, 0.6) is 5.75 Å². The molecule has 0 amide bonds. The van der Waals surface area contributed by atoms with E-state index < -0.39 is 44.9 Å². The Balaban J connectivity index is 3.20. The fraction of sp³-hybridized carbons (Fsp3) is 0.300. The summed E-state index contributed by atoms with van der Waals surface area (Å²) in [6, 6.07) is 0.490. The van der Waals surface area contributed by atoms with E-state index in [4.69, 9.17) is 5.11 Å². The van der Waals surface area contributed by atoms with Crippen molar-refractivity contribution in [2.75, 3.05) is 0 Å². The molecule has 0 spiro atoms. The highest BCUT2D eigenvalue weighted by molar-refractivity contribution is 7.89. The second-order valence-corrected chi connectivity index (χ2v) is 5.48. The normalized spacial score (nSPS) is 13.8. The summed E-state index contributed by atoms with van der Waals surface area (Å²) in [7, 11) is -4.67. The van der Waals surface area contributed by atoms with Crippen molar-refractivity contribution in [1.82, 2.24) is 4.72 Å². The van der Waals surface area contributed by atoms with E-state index in [0.717, 1.165) is 13.0 Å². The van der Waals surface area contributed by atoms with Gasteiger partial charge in [-0.15, -0.1) is 13.2 Å². The van der Waals surface area contributed by atoms with Gasteiger partial charge >= 0.3 is 12.3 Å². The van der Waals surface area contributed by atoms with Crippen LogP contribution in [0, 0.1) is 5.82 Å². The second kappa shape index (κ2) is 5.85. The number of ether oxygens (including phenoxy) is 1. The Morgan fingerprint density at radius 3 is 2.43 bits per heavy atom. The predicted molar refractivity (Wildman–Crippen MR) is 60.5 cm³/mol. The van der Waals surface area contributed by atoms with E-state index in [-0.39, 0.29) is 0 Å². The number of halogens is 4. The van der Waals surface area contributed by atoms with Crippen LogP contribution >= 0.6 is 0 Å². The van der Waals surface area contributed by atoms with E-state index in [9.17, 15) is 30.8 Å². The van der Waals surface area contributed by atoms with E-state index in [0.29, 0.717) is 12.1 Å².